The molecule has 3 heteroatoms. The van der Waals surface area contributed by atoms with Crippen molar-refractivity contribution in [1.82, 2.24) is 10.0 Å². The lowest BCUT2D eigenvalue weighted by molar-refractivity contribution is -0.111. The van der Waals surface area contributed by atoms with E-state index in [9.17, 15) is 4.79 Å². The van der Waals surface area contributed by atoms with Crippen LogP contribution in [0.15, 0.2) is 0 Å². The van der Waals surface area contributed by atoms with E-state index in [0.717, 1.165) is 25.8 Å². The van der Waals surface area contributed by atoms with Crippen molar-refractivity contribution in [2.75, 3.05) is 26.2 Å². The standard InChI is InChI=1S/C9H16N2O/c12-8-9-3-6-11(7-9)10-4-1-2-5-10/h8-9H,1-7H2. The Labute approximate surface area is 73.3 Å². The molecule has 2 heterocycles. The van der Waals surface area contributed by atoms with Crippen molar-refractivity contribution in [3.8, 4) is 0 Å². The zero-order valence-corrected chi connectivity index (χ0v) is 7.41. The van der Waals surface area contributed by atoms with Gasteiger partial charge in [-0.15, -0.1) is 0 Å². The molecule has 2 fully saturated rings. The van der Waals surface area contributed by atoms with Crippen LogP contribution in [0.25, 0.3) is 0 Å². The van der Waals surface area contributed by atoms with Gasteiger partial charge >= 0.3 is 0 Å². The third-order valence-corrected chi connectivity index (χ3v) is 2.88. The molecule has 2 aliphatic heterocycles. The van der Waals surface area contributed by atoms with Crippen molar-refractivity contribution in [2.45, 2.75) is 19.3 Å². The van der Waals surface area contributed by atoms with E-state index < -0.39 is 0 Å². The predicted molar refractivity (Wildman–Crippen MR) is 46.6 cm³/mol. The van der Waals surface area contributed by atoms with Crippen molar-refractivity contribution in [3.63, 3.8) is 0 Å². The Hall–Kier alpha value is -0.410. The number of nitrogens with zero attached hydrogens (tertiary/aromatic N) is 2. The van der Waals surface area contributed by atoms with Crippen molar-refractivity contribution in [1.29, 1.82) is 0 Å². The Balaban J connectivity index is 1.85. The van der Waals surface area contributed by atoms with E-state index in [4.69, 9.17) is 0 Å². The minimum Gasteiger partial charge on any atom is -0.303 e. The first-order valence-corrected chi connectivity index (χ1v) is 4.85. The van der Waals surface area contributed by atoms with Gasteiger partial charge in [0.15, 0.2) is 0 Å². The number of carbonyl (C=O) groups excluding carboxylic acids is 1. The Bertz CT molecular complexity index is 166. The number of carbonyl (C=O) groups is 1. The lowest BCUT2D eigenvalue weighted by Gasteiger charge is -2.26. The normalized spacial score (nSPS) is 32.8. The average Bonchev–Trinajstić information content (AvgIpc) is 2.75. The highest BCUT2D eigenvalue weighted by molar-refractivity contribution is 5.54. The van der Waals surface area contributed by atoms with Crippen LogP contribution in [0.5, 0.6) is 0 Å². The van der Waals surface area contributed by atoms with Gasteiger partial charge in [-0.05, 0) is 19.3 Å². The van der Waals surface area contributed by atoms with Crippen LogP contribution in [0.1, 0.15) is 19.3 Å². The lowest BCUT2D eigenvalue weighted by atomic mass is 10.1. The van der Waals surface area contributed by atoms with Crippen molar-refractivity contribution < 1.29 is 4.79 Å². The van der Waals surface area contributed by atoms with Crippen molar-refractivity contribution in [3.05, 3.63) is 0 Å². The average molecular weight is 168 g/mol. The van der Waals surface area contributed by atoms with Crippen LogP contribution in [-0.4, -0.2) is 42.5 Å². The fourth-order valence-electron chi connectivity index (χ4n) is 2.12. The summed E-state index contributed by atoms with van der Waals surface area (Å²) in [5.41, 5.74) is 0. The zero-order chi connectivity index (χ0) is 8.39. The summed E-state index contributed by atoms with van der Waals surface area (Å²) in [4.78, 5) is 10.5. The molecule has 2 saturated heterocycles. The van der Waals surface area contributed by atoms with Crippen molar-refractivity contribution in [2.24, 2.45) is 5.92 Å². The molecular formula is C9H16N2O. The van der Waals surface area contributed by atoms with Gasteiger partial charge in [0.25, 0.3) is 0 Å². The van der Waals surface area contributed by atoms with Crippen molar-refractivity contribution >= 4 is 6.29 Å². The maximum absolute atomic E-state index is 10.5. The lowest BCUT2D eigenvalue weighted by Crippen LogP contribution is -2.38. The fraction of sp³-hybridized carbons (Fsp3) is 0.889. The fourth-order valence-corrected chi connectivity index (χ4v) is 2.12. The van der Waals surface area contributed by atoms with Crippen LogP contribution in [0.4, 0.5) is 0 Å². The van der Waals surface area contributed by atoms with E-state index in [1.54, 1.807) is 0 Å². The van der Waals surface area contributed by atoms with E-state index in [-0.39, 0.29) is 0 Å². The van der Waals surface area contributed by atoms with Crippen LogP contribution < -0.4 is 0 Å². The molecule has 0 amide bonds. The van der Waals surface area contributed by atoms with Gasteiger partial charge in [0.1, 0.15) is 6.29 Å². The molecule has 0 bridgehead atoms. The van der Waals surface area contributed by atoms with Crippen LogP contribution >= 0.6 is 0 Å². The summed E-state index contributed by atoms with van der Waals surface area (Å²) in [6.45, 7) is 4.45. The van der Waals surface area contributed by atoms with Gasteiger partial charge in [-0.25, -0.2) is 10.0 Å². The van der Waals surface area contributed by atoms with Gasteiger partial charge in [-0.2, -0.15) is 0 Å². The zero-order valence-electron chi connectivity index (χ0n) is 7.41. The first kappa shape index (κ1) is 8.20. The summed E-state index contributed by atoms with van der Waals surface area (Å²) < 4.78 is 0. The largest absolute Gasteiger partial charge is 0.303 e. The molecule has 0 aromatic heterocycles. The molecule has 0 radical (unpaired) electrons. The first-order valence-electron chi connectivity index (χ1n) is 4.85. The van der Waals surface area contributed by atoms with Gasteiger partial charge in [-0.1, -0.05) is 0 Å². The molecule has 1 unspecified atom stereocenters. The second-order valence-electron chi connectivity index (χ2n) is 3.76. The van der Waals surface area contributed by atoms with E-state index in [2.05, 4.69) is 10.0 Å². The summed E-state index contributed by atoms with van der Waals surface area (Å²) in [5, 5.41) is 4.76. The molecule has 2 rings (SSSR count). The molecule has 0 spiro atoms. The highest BCUT2D eigenvalue weighted by Gasteiger charge is 2.27. The molecule has 68 valence electrons. The summed E-state index contributed by atoms with van der Waals surface area (Å²) in [5.74, 6) is 0.297. The SMILES string of the molecule is O=CC1CCN(N2CCCC2)C1. The third-order valence-electron chi connectivity index (χ3n) is 2.88. The molecule has 1 atom stereocenters. The quantitative estimate of drug-likeness (QED) is 0.562. The van der Waals surface area contributed by atoms with Crippen LogP contribution in [0.3, 0.4) is 0 Å². The molecule has 0 aromatic carbocycles. The Kier molecular flexibility index (Phi) is 2.42. The molecule has 3 nitrogen and oxygen atoms in total. The number of hydrogen-bond donors (Lipinski definition) is 0. The molecule has 0 aromatic rings. The maximum Gasteiger partial charge on any atom is 0.124 e. The topological polar surface area (TPSA) is 23.6 Å². The minimum atomic E-state index is 0.297. The van der Waals surface area contributed by atoms with Crippen LogP contribution in [0.2, 0.25) is 0 Å². The Morgan fingerprint density at radius 3 is 2.42 bits per heavy atom. The van der Waals surface area contributed by atoms with Gasteiger partial charge < -0.3 is 4.79 Å². The summed E-state index contributed by atoms with van der Waals surface area (Å²) >= 11 is 0. The number of aldehydes is 1. The van der Waals surface area contributed by atoms with Gasteiger partial charge in [0.2, 0.25) is 0 Å². The van der Waals surface area contributed by atoms with Gasteiger partial charge in [0, 0.05) is 32.1 Å². The second kappa shape index (κ2) is 3.54. The number of hydrogen-bond acceptors (Lipinski definition) is 3. The second-order valence-corrected chi connectivity index (χ2v) is 3.76. The summed E-state index contributed by atoms with van der Waals surface area (Å²) in [6.07, 6.45) is 4.81. The summed E-state index contributed by atoms with van der Waals surface area (Å²) in [6, 6.07) is 0. The monoisotopic (exact) mass is 168 g/mol. The summed E-state index contributed by atoms with van der Waals surface area (Å²) in [7, 11) is 0. The highest BCUT2D eigenvalue weighted by atomic mass is 16.1. The molecule has 0 saturated carbocycles. The molecule has 2 aliphatic rings. The molecular weight excluding hydrogens is 152 g/mol. The number of rotatable bonds is 2. The Morgan fingerprint density at radius 1 is 1.08 bits per heavy atom. The van der Waals surface area contributed by atoms with E-state index in [0.29, 0.717) is 5.92 Å². The number of hydrazine groups is 1. The van der Waals surface area contributed by atoms with E-state index in [1.165, 1.54) is 25.9 Å². The maximum atomic E-state index is 10.5. The molecule has 0 N–H and O–H groups in total. The Morgan fingerprint density at radius 2 is 1.83 bits per heavy atom. The van der Waals surface area contributed by atoms with Gasteiger partial charge in [-0.3, -0.25) is 0 Å². The third kappa shape index (κ3) is 1.52. The van der Waals surface area contributed by atoms with E-state index in [1.807, 2.05) is 0 Å². The first-order chi connectivity index (χ1) is 5.90. The van der Waals surface area contributed by atoms with Gasteiger partial charge in [0.05, 0.1) is 0 Å². The predicted octanol–water partition coefficient (Wildman–Crippen LogP) is 0.518. The van der Waals surface area contributed by atoms with Crippen LogP contribution in [0, 0.1) is 5.92 Å². The molecule has 12 heavy (non-hydrogen) atoms. The smallest absolute Gasteiger partial charge is 0.124 e. The van der Waals surface area contributed by atoms with Crippen LogP contribution in [-0.2, 0) is 4.79 Å². The minimum absolute atomic E-state index is 0.297. The van der Waals surface area contributed by atoms with E-state index >= 15 is 0 Å². The molecule has 0 aliphatic carbocycles. The highest BCUT2D eigenvalue weighted by Crippen LogP contribution is 2.19.